The topological polar surface area (TPSA) is 54.8 Å². The van der Waals surface area contributed by atoms with Gasteiger partial charge in [-0.1, -0.05) is 42.8 Å². The summed E-state index contributed by atoms with van der Waals surface area (Å²) in [5, 5.41) is 1.23. The van der Waals surface area contributed by atoms with Gasteiger partial charge in [0.25, 0.3) is 0 Å². The molecule has 2 aliphatic rings. The van der Waals surface area contributed by atoms with E-state index in [9.17, 15) is 9.59 Å². The first-order valence-corrected chi connectivity index (χ1v) is 14.3. The van der Waals surface area contributed by atoms with Crippen LogP contribution in [0.5, 0.6) is 5.75 Å². The molecule has 0 saturated carbocycles. The lowest BCUT2D eigenvalue weighted by molar-refractivity contribution is -0.149. The van der Waals surface area contributed by atoms with Gasteiger partial charge in [-0.05, 0) is 68.7 Å². The predicted octanol–water partition coefficient (Wildman–Crippen LogP) is 5.37. The van der Waals surface area contributed by atoms with Crippen molar-refractivity contribution in [2.24, 2.45) is 12.5 Å². The fourth-order valence-corrected chi connectivity index (χ4v) is 6.41. The second kappa shape index (κ2) is 11.6. The van der Waals surface area contributed by atoms with Crippen LogP contribution in [0.25, 0.3) is 10.9 Å². The Balaban J connectivity index is 1.23. The van der Waals surface area contributed by atoms with Crippen molar-refractivity contribution in [2.75, 3.05) is 32.8 Å². The van der Waals surface area contributed by atoms with Crippen molar-refractivity contribution in [1.29, 1.82) is 0 Å². The van der Waals surface area contributed by atoms with Gasteiger partial charge in [-0.3, -0.25) is 9.59 Å². The molecule has 6 nitrogen and oxygen atoms in total. The van der Waals surface area contributed by atoms with Crippen LogP contribution < -0.4 is 4.74 Å². The number of aryl methyl sites for hydroxylation is 3. The summed E-state index contributed by atoms with van der Waals surface area (Å²) in [6.45, 7) is 5.16. The predicted molar refractivity (Wildman–Crippen MR) is 151 cm³/mol. The molecule has 0 radical (unpaired) electrons. The number of carbonyl (C=O) groups is 2. The maximum atomic E-state index is 13.9. The van der Waals surface area contributed by atoms with E-state index in [4.69, 9.17) is 4.74 Å². The fraction of sp³-hybridized carbons (Fsp3) is 0.500. The number of piperidine rings is 1. The van der Waals surface area contributed by atoms with E-state index in [0.29, 0.717) is 39.2 Å². The Morgan fingerprint density at radius 1 is 0.974 bits per heavy atom. The number of hydrogen-bond donors (Lipinski definition) is 0. The van der Waals surface area contributed by atoms with Gasteiger partial charge in [-0.2, -0.15) is 0 Å². The lowest BCUT2D eigenvalue weighted by atomic mass is 9.73. The van der Waals surface area contributed by atoms with Crippen LogP contribution in [-0.4, -0.2) is 59.0 Å². The van der Waals surface area contributed by atoms with Crippen molar-refractivity contribution in [3.63, 3.8) is 0 Å². The molecule has 2 aliphatic heterocycles. The molecule has 1 aromatic heterocycles. The molecular formula is C32H41N3O3. The largest absolute Gasteiger partial charge is 0.491 e. The Kier molecular flexibility index (Phi) is 8.06. The highest BCUT2D eigenvalue weighted by Crippen LogP contribution is 2.39. The van der Waals surface area contributed by atoms with Gasteiger partial charge in [0, 0.05) is 50.2 Å². The molecule has 0 unspecified atom stereocenters. The van der Waals surface area contributed by atoms with Crippen LogP contribution in [0.1, 0.15) is 56.6 Å². The monoisotopic (exact) mass is 515 g/mol. The molecule has 202 valence electrons. The zero-order valence-corrected chi connectivity index (χ0v) is 23.0. The number of likely N-dealkylation sites (N-methyl/N-ethyl adjacent to an activating group) is 1. The Hall–Kier alpha value is -3.28. The average molecular weight is 516 g/mol. The van der Waals surface area contributed by atoms with Crippen LogP contribution in [0.4, 0.5) is 0 Å². The van der Waals surface area contributed by atoms with Gasteiger partial charge in [0.2, 0.25) is 11.8 Å². The Labute approximate surface area is 226 Å². The number of amides is 2. The quantitative estimate of drug-likeness (QED) is 0.469. The maximum Gasteiger partial charge on any atom is 0.229 e. The molecule has 0 bridgehead atoms. The lowest BCUT2D eigenvalue weighted by Gasteiger charge is -2.43. The average Bonchev–Trinajstić information content (AvgIpc) is 3.27. The van der Waals surface area contributed by atoms with E-state index in [-0.39, 0.29) is 17.2 Å². The van der Waals surface area contributed by atoms with Gasteiger partial charge in [-0.25, -0.2) is 0 Å². The van der Waals surface area contributed by atoms with E-state index < -0.39 is 0 Å². The number of fused-ring (bicyclic) bond motifs is 2. The van der Waals surface area contributed by atoms with Gasteiger partial charge in [0.05, 0.1) is 12.0 Å². The number of aromatic nitrogens is 1. The fourth-order valence-electron chi connectivity index (χ4n) is 6.41. The molecule has 2 aromatic carbocycles. The van der Waals surface area contributed by atoms with E-state index in [1.807, 2.05) is 21.9 Å². The third-order valence-electron chi connectivity index (χ3n) is 8.73. The van der Waals surface area contributed by atoms with Crippen LogP contribution in [0.2, 0.25) is 0 Å². The molecular weight excluding hydrogens is 474 g/mol. The highest BCUT2D eigenvalue weighted by molar-refractivity contribution is 5.85. The first-order valence-electron chi connectivity index (χ1n) is 14.3. The number of benzene rings is 2. The summed E-state index contributed by atoms with van der Waals surface area (Å²) < 4.78 is 8.25. The van der Waals surface area contributed by atoms with Crippen LogP contribution >= 0.6 is 0 Å². The first-order chi connectivity index (χ1) is 18.5. The summed E-state index contributed by atoms with van der Waals surface area (Å²) in [7, 11) is 2.06. The van der Waals surface area contributed by atoms with Crippen LogP contribution in [0.15, 0.2) is 54.7 Å². The van der Waals surface area contributed by atoms with Gasteiger partial charge < -0.3 is 19.1 Å². The highest BCUT2D eigenvalue weighted by atomic mass is 16.5. The molecule has 38 heavy (non-hydrogen) atoms. The summed E-state index contributed by atoms with van der Waals surface area (Å²) in [5.74, 6) is 1.40. The number of hydrogen-bond acceptors (Lipinski definition) is 3. The Morgan fingerprint density at radius 2 is 1.74 bits per heavy atom. The Bertz CT molecular complexity index is 1270. The number of likely N-dealkylation sites (tertiary alicyclic amines) is 1. The third-order valence-corrected chi connectivity index (χ3v) is 8.73. The summed E-state index contributed by atoms with van der Waals surface area (Å²) in [5.41, 5.74) is 3.30. The third kappa shape index (κ3) is 5.45. The van der Waals surface area contributed by atoms with Crippen LogP contribution in [0.3, 0.4) is 0 Å². The summed E-state index contributed by atoms with van der Waals surface area (Å²) in [6.07, 6.45) is 8.80. The smallest absolute Gasteiger partial charge is 0.229 e. The molecule has 1 spiro atoms. The zero-order chi connectivity index (χ0) is 26.5. The minimum absolute atomic E-state index is 0.200. The molecule has 1 fully saturated rings. The van der Waals surface area contributed by atoms with Gasteiger partial charge in [0.15, 0.2) is 0 Å². The molecule has 3 heterocycles. The lowest BCUT2D eigenvalue weighted by Crippen LogP contribution is -2.52. The molecule has 0 N–H and O–H groups in total. The number of nitrogens with zero attached hydrogens (tertiary/aromatic N) is 3. The molecule has 0 aliphatic carbocycles. The molecule has 0 atom stereocenters. The minimum atomic E-state index is -0.374. The summed E-state index contributed by atoms with van der Waals surface area (Å²) in [4.78, 5) is 31.1. The molecule has 3 aromatic rings. The van der Waals surface area contributed by atoms with Crippen molar-refractivity contribution in [3.05, 3.63) is 65.9 Å². The minimum Gasteiger partial charge on any atom is -0.491 e. The zero-order valence-electron chi connectivity index (χ0n) is 23.0. The SMILES string of the molecule is CCN1CCOc2ccccc2CCCCC2(CCN(C(=O)CCc3cn(C)c4ccccc34)CC2)C1=O. The van der Waals surface area contributed by atoms with E-state index in [1.54, 1.807) is 0 Å². The van der Waals surface area contributed by atoms with E-state index >= 15 is 0 Å². The van der Waals surface area contributed by atoms with Crippen molar-refractivity contribution in [1.82, 2.24) is 14.4 Å². The van der Waals surface area contributed by atoms with Gasteiger partial charge >= 0.3 is 0 Å². The maximum absolute atomic E-state index is 13.9. The van der Waals surface area contributed by atoms with Crippen molar-refractivity contribution in [2.45, 2.75) is 58.3 Å². The van der Waals surface area contributed by atoms with E-state index in [0.717, 1.165) is 50.7 Å². The molecule has 2 amide bonds. The second-order valence-corrected chi connectivity index (χ2v) is 11.0. The Morgan fingerprint density at radius 3 is 2.55 bits per heavy atom. The first kappa shape index (κ1) is 26.3. The van der Waals surface area contributed by atoms with E-state index in [2.05, 4.69) is 61.1 Å². The van der Waals surface area contributed by atoms with Gasteiger partial charge in [-0.15, -0.1) is 0 Å². The summed E-state index contributed by atoms with van der Waals surface area (Å²) >= 11 is 0. The van der Waals surface area contributed by atoms with Crippen molar-refractivity contribution >= 4 is 22.7 Å². The standard InChI is InChI=1S/C32H41N3O3/c1-3-34-22-23-38-29-14-7-4-10-25(29)11-8-9-17-32(31(34)37)18-20-35(21-19-32)30(36)16-15-26-24-33(2)28-13-6-5-12-27(26)28/h4-7,10,12-14,24H,3,8-9,11,15-23H2,1-2H3. The molecule has 5 rings (SSSR count). The number of rotatable bonds is 4. The highest BCUT2D eigenvalue weighted by Gasteiger charge is 2.43. The van der Waals surface area contributed by atoms with Crippen LogP contribution in [-0.2, 0) is 29.5 Å². The van der Waals surface area contributed by atoms with Crippen molar-refractivity contribution < 1.29 is 14.3 Å². The van der Waals surface area contributed by atoms with Gasteiger partial charge in [0.1, 0.15) is 12.4 Å². The summed E-state index contributed by atoms with van der Waals surface area (Å²) in [6, 6.07) is 16.6. The number of para-hydroxylation sites is 2. The van der Waals surface area contributed by atoms with Crippen molar-refractivity contribution in [3.8, 4) is 5.75 Å². The second-order valence-electron chi connectivity index (χ2n) is 11.0. The normalized spacial score (nSPS) is 18.5. The van der Waals surface area contributed by atoms with E-state index in [1.165, 1.54) is 22.0 Å². The van der Waals surface area contributed by atoms with Crippen LogP contribution in [0, 0.1) is 5.41 Å². The molecule has 6 heteroatoms. The number of carbonyl (C=O) groups excluding carboxylic acids is 2. The number of ether oxygens (including phenoxy) is 1. The molecule has 1 saturated heterocycles.